The molecule has 0 amide bonds. The fourth-order valence-corrected chi connectivity index (χ4v) is 2.46. The minimum atomic E-state index is 0.604. The fraction of sp³-hybridized carbons (Fsp3) is 0.667. The van der Waals surface area contributed by atoms with E-state index in [-0.39, 0.29) is 0 Å². The zero-order chi connectivity index (χ0) is 8.13. The van der Waals surface area contributed by atoms with Crippen molar-refractivity contribution in [3.63, 3.8) is 0 Å². The molecule has 2 aliphatic rings. The number of hydrogen-bond donors (Lipinski definition) is 1. The Morgan fingerprint density at radius 2 is 2.50 bits per heavy atom. The Morgan fingerprint density at radius 1 is 1.58 bits per heavy atom. The summed E-state index contributed by atoms with van der Waals surface area (Å²) in [5.41, 5.74) is 2.76. The van der Waals surface area contributed by atoms with Crippen LogP contribution >= 0.6 is 0 Å². The summed E-state index contributed by atoms with van der Waals surface area (Å²) < 4.78 is 1.94. The van der Waals surface area contributed by atoms with Gasteiger partial charge < -0.3 is 5.32 Å². The molecule has 0 saturated carbocycles. The lowest BCUT2D eigenvalue weighted by atomic mass is 10.0. The van der Waals surface area contributed by atoms with E-state index in [1.165, 1.54) is 24.1 Å². The predicted molar refractivity (Wildman–Crippen MR) is 45.8 cm³/mol. The number of rotatable bonds is 0. The quantitative estimate of drug-likeness (QED) is 0.612. The van der Waals surface area contributed by atoms with Gasteiger partial charge in [-0.25, -0.2) is 0 Å². The van der Waals surface area contributed by atoms with Gasteiger partial charge in [0.2, 0.25) is 0 Å². The molecule has 3 nitrogen and oxygen atoms in total. The largest absolute Gasteiger partial charge is 0.307 e. The van der Waals surface area contributed by atoms with Gasteiger partial charge in [-0.15, -0.1) is 0 Å². The second-order valence-corrected chi connectivity index (χ2v) is 3.90. The summed E-state index contributed by atoms with van der Waals surface area (Å²) in [4.78, 5) is 0. The van der Waals surface area contributed by atoms with Crippen LogP contribution in [-0.2, 0) is 13.5 Å². The van der Waals surface area contributed by atoms with Gasteiger partial charge in [-0.3, -0.25) is 4.68 Å². The van der Waals surface area contributed by atoms with Crippen molar-refractivity contribution in [2.24, 2.45) is 7.05 Å². The zero-order valence-electron chi connectivity index (χ0n) is 7.25. The van der Waals surface area contributed by atoms with Crippen LogP contribution in [0.5, 0.6) is 0 Å². The molecule has 3 heterocycles. The van der Waals surface area contributed by atoms with Crippen LogP contribution in [-0.4, -0.2) is 15.8 Å². The summed E-state index contributed by atoms with van der Waals surface area (Å²) >= 11 is 0. The Kier molecular flexibility index (Phi) is 1.17. The summed E-state index contributed by atoms with van der Waals surface area (Å²) in [6, 6.07) is 1.31. The number of aryl methyl sites for hydroxylation is 1. The first kappa shape index (κ1) is 6.66. The molecule has 0 unspecified atom stereocenters. The molecule has 0 radical (unpaired) electrons. The maximum absolute atomic E-state index is 4.47. The molecule has 1 saturated heterocycles. The van der Waals surface area contributed by atoms with E-state index >= 15 is 0 Å². The third-order valence-electron chi connectivity index (χ3n) is 2.99. The van der Waals surface area contributed by atoms with Crippen LogP contribution in [0.15, 0.2) is 6.20 Å². The van der Waals surface area contributed by atoms with Crippen molar-refractivity contribution in [1.82, 2.24) is 15.1 Å². The van der Waals surface area contributed by atoms with Crippen molar-refractivity contribution in [3.05, 3.63) is 17.5 Å². The van der Waals surface area contributed by atoms with E-state index < -0.39 is 0 Å². The normalized spacial score (nSPS) is 32.1. The van der Waals surface area contributed by atoms with Crippen molar-refractivity contribution in [2.45, 2.75) is 31.3 Å². The van der Waals surface area contributed by atoms with Crippen LogP contribution < -0.4 is 5.32 Å². The van der Waals surface area contributed by atoms with E-state index in [1.54, 1.807) is 0 Å². The molecule has 2 bridgehead atoms. The Balaban J connectivity index is 2.11. The van der Waals surface area contributed by atoms with Gasteiger partial charge in [0.25, 0.3) is 0 Å². The minimum Gasteiger partial charge on any atom is -0.307 e. The summed E-state index contributed by atoms with van der Waals surface area (Å²) in [5.74, 6) is 0. The Morgan fingerprint density at radius 3 is 3.42 bits per heavy atom. The summed E-state index contributed by atoms with van der Waals surface area (Å²) in [6.07, 6.45) is 5.91. The van der Waals surface area contributed by atoms with E-state index in [0.29, 0.717) is 12.1 Å². The minimum absolute atomic E-state index is 0.604. The van der Waals surface area contributed by atoms with E-state index in [9.17, 15) is 0 Å². The summed E-state index contributed by atoms with van der Waals surface area (Å²) in [7, 11) is 2.01. The molecular formula is C9H13N3. The van der Waals surface area contributed by atoms with Gasteiger partial charge in [-0.2, -0.15) is 5.10 Å². The highest BCUT2D eigenvalue weighted by Gasteiger charge is 2.33. The first-order valence-corrected chi connectivity index (χ1v) is 4.61. The fourth-order valence-electron chi connectivity index (χ4n) is 2.46. The van der Waals surface area contributed by atoms with Crippen molar-refractivity contribution in [2.75, 3.05) is 0 Å². The van der Waals surface area contributed by atoms with Crippen molar-refractivity contribution >= 4 is 0 Å². The summed E-state index contributed by atoms with van der Waals surface area (Å²) in [6.45, 7) is 0. The second-order valence-electron chi connectivity index (χ2n) is 3.90. The predicted octanol–water partition coefficient (Wildman–Crippen LogP) is 0.769. The lowest BCUT2D eigenvalue weighted by Gasteiger charge is -2.19. The van der Waals surface area contributed by atoms with Crippen LogP contribution in [0.4, 0.5) is 0 Å². The number of nitrogens with zero attached hydrogens (tertiary/aromatic N) is 2. The van der Waals surface area contributed by atoms with Gasteiger partial charge in [0.1, 0.15) is 0 Å². The van der Waals surface area contributed by atoms with E-state index in [1.807, 2.05) is 11.7 Å². The molecule has 0 aromatic carbocycles. The first-order valence-electron chi connectivity index (χ1n) is 4.61. The highest BCUT2D eigenvalue weighted by molar-refractivity contribution is 5.27. The van der Waals surface area contributed by atoms with Gasteiger partial charge >= 0.3 is 0 Å². The van der Waals surface area contributed by atoms with Crippen LogP contribution in [0.2, 0.25) is 0 Å². The number of nitrogens with one attached hydrogen (secondary N) is 1. The Bertz CT molecular complexity index is 316. The molecule has 1 N–H and O–H groups in total. The molecule has 1 aromatic rings. The third-order valence-corrected chi connectivity index (χ3v) is 2.99. The zero-order valence-corrected chi connectivity index (χ0v) is 7.25. The molecule has 12 heavy (non-hydrogen) atoms. The first-order chi connectivity index (χ1) is 5.83. The van der Waals surface area contributed by atoms with Crippen LogP contribution in [0, 0.1) is 0 Å². The average Bonchev–Trinajstić information content (AvgIpc) is 2.57. The van der Waals surface area contributed by atoms with Gasteiger partial charge in [-0.05, 0) is 12.8 Å². The second kappa shape index (κ2) is 2.10. The Labute approximate surface area is 71.8 Å². The highest BCUT2D eigenvalue weighted by Crippen LogP contribution is 2.34. The van der Waals surface area contributed by atoms with Gasteiger partial charge in [0, 0.05) is 37.3 Å². The van der Waals surface area contributed by atoms with E-state index in [2.05, 4.69) is 16.6 Å². The van der Waals surface area contributed by atoms with Crippen LogP contribution in [0.1, 0.15) is 30.1 Å². The van der Waals surface area contributed by atoms with Gasteiger partial charge in [0.15, 0.2) is 0 Å². The third kappa shape index (κ3) is 0.771. The summed E-state index contributed by atoms with van der Waals surface area (Å²) in [5, 5.41) is 8.08. The molecular weight excluding hydrogens is 150 g/mol. The molecule has 3 heteroatoms. The maximum atomic E-state index is 4.47. The highest BCUT2D eigenvalue weighted by atomic mass is 15.3. The molecule has 0 aliphatic carbocycles. The Hall–Kier alpha value is -0.830. The standard InChI is InChI=1S/C9H13N3/c1-12-5-7-8-3-2-6(10-8)4-9(7)11-12/h5-6,8,10H,2-4H2,1H3/t6-,8+/m1/s1. The monoisotopic (exact) mass is 163 g/mol. The SMILES string of the molecule is Cn1cc2c(n1)C[C@H]1CC[C@@H]2N1. The molecule has 2 atom stereocenters. The van der Waals surface area contributed by atoms with Crippen LogP contribution in [0.3, 0.4) is 0 Å². The van der Waals surface area contributed by atoms with Gasteiger partial charge in [0.05, 0.1) is 5.69 Å². The maximum Gasteiger partial charge on any atom is 0.0687 e. The number of fused-ring (bicyclic) bond motifs is 4. The van der Waals surface area contributed by atoms with E-state index in [4.69, 9.17) is 0 Å². The lowest BCUT2D eigenvalue weighted by molar-refractivity contribution is 0.510. The molecule has 1 fully saturated rings. The van der Waals surface area contributed by atoms with Crippen LogP contribution in [0.25, 0.3) is 0 Å². The van der Waals surface area contributed by atoms with E-state index in [0.717, 1.165) is 6.42 Å². The lowest BCUT2D eigenvalue weighted by Crippen LogP contribution is -2.31. The average molecular weight is 163 g/mol. The molecule has 64 valence electrons. The molecule has 0 spiro atoms. The molecule has 1 aromatic heterocycles. The smallest absolute Gasteiger partial charge is 0.0687 e. The number of hydrogen-bond acceptors (Lipinski definition) is 2. The van der Waals surface area contributed by atoms with Crippen molar-refractivity contribution < 1.29 is 0 Å². The topological polar surface area (TPSA) is 29.9 Å². The molecule has 3 rings (SSSR count). The molecule has 2 aliphatic heterocycles. The van der Waals surface area contributed by atoms with Gasteiger partial charge in [-0.1, -0.05) is 0 Å². The van der Waals surface area contributed by atoms with Crippen molar-refractivity contribution in [3.8, 4) is 0 Å². The van der Waals surface area contributed by atoms with Crippen molar-refractivity contribution in [1.29, 1.82) is 0 Å². The number of aromatic nitrogens is 2.